The summed E-state index contributed by atoms with van der Waals surface area (Å²) in [5.41, 5.74) is 0. The summed E-state index contributed by atoms with van der Waals surface area (Å²) < 4.78 is 41.5. The van der Waals surface area contributed by atoms with Gasteiger partial charge in [-0.3, -0.25) is 0 Å². The first-order valence-corrected chi connectivity index (χ1v) is 4.45. The van der Waals surface area contributed by atoms with E-state index in [9.17, 15) is 7.77 Å². The number of ether oxygens (including phenoxy) is 1. The summed E-state index contributed by atoms with van der Waals surface area (Å²) in [7, 11) is -4.00. The van der Waals surface area contributed by atoms with Gasteiger partial charge < -0.3 is 4.74 Å². The van der Waals surface area contributed by atoms with Gasteiger partial charge in [0.2, 0.25) is 0 Å². The molecule has 0 saturated carbocycles. The number of halogens is 2. The van der Waals surface area contributed by atoms with Crippen molar-refractivity contribution in [2.45, 2.75) is 0 Å². The molecule has 0 bridgehead atoms. The predicted molar refractivity (Wildman–Crippen MR) is 44.1 cm³/mol. The second kappa shape index (κ2) is 5.47. The number of hydrogen-bond donors (Lipinski definition) is 0. The Labute approximate surface area is 75.5 Å². The Morgan fingerprint density at radius 1 is 1.15 bits per heavy atom. The summed E-state index contributed by atoms with van der Waals surface area (Å²) in [6, 6.07) is 9.68. The molecular weight excluding hydrogens is 202 g/mol. The molecule has 3 nitrogen and oxygen atoms in total. The highest BCUT2D eigenvalue weighted by atomic mass is 32.3. The van der Waals surface area contributed by atoms with Crippen LogP contribution in [0.5, 0.6) is 5.75 Å². The van der Waals surface area contributed by atoms with E-state index in [4.69, 9.17) is 13.2 Å². The minimum Gasteiger partial charge on any atom is -0.497 e. The van der Waals surface area contributed by atoms with E-state index in [2.05, 4.69) is 0 Å². The van der Waals surface area contributed by atoms with Gasteiger partial charge in [-0.1, -0.05) is 26.0 Å². The van der Waals surface area contributed by atoms with E-state index >= 15 is 0 Å². The van der Waals surface area contributed by atoms with Gasteiger partial charge >= 0.3 is 10.6 Å². The highest BCUT2D eigenvalue weighted by Gasteiger charge is 1.94. The number of rotatable bonds is 1. The molecule has 0 aromatic heterocycles. The fourth-order valence-corrected chi connectivity index (χ4v) is 0.557. The largest absolute Gasteiger partial charge is 0.497 e. The maximum absolute atomic E-state index is 9.99. The maximum Gasteiger partial charge on any atom is 0.476 e. The van der Waals surface area contributed by atoms with Crippen molar-refractivity contribution < 1.29 is 20.9 Å². The molecule has 0 spiro atoms. The number of hydrogen-bond acceptors (Lipinski definition) is 3. The quantitative estimate of drug-likeness (QED) is 0.664. The Morgan fingerprint density at radius 3 is 1.77 bits per heavy atom. The van der Waals surface area contributed by atoms with E-state index in [0.717, 1.165) is 5.75 Å². The van der Waals surface area contributed by atoms with Crippen molar-refractivity contribution >= 4 is 10.6 Å². The third kappa shape index (κ3) is 10.8. The van der Waals surface area contributed by atoms with Crippen molar-refractivity contribution in [3.63, 3.8) is 0 Å². The lowest BCUT2D eigenvalue weighted by molar-refractivity contribution is 0.415. The summed E-state index contributed by atoms with van der Waals surface area (Å²) in [5, 5.41) is 0. The molecule has 74 valence electrons. The zero-order valence-electron chi connectivity index (χ0n) is 6.78. The topological polar surface area (TPSA) is 43.4 Å². The highest BCUT2D eigenvalue weighted by Crippen LogP contribution is 2.05. The van der Waals surface area contributed by atoms with Gasteiger partial charge in [0, 0.05) is 0 Å². The van der Waals surface area contributed by atoms with Crippen LogP contribution in [0.25, 0.3) is 0 Å². The summed E-state index contributed by atoms with van der Waals surface area (Å²) in [5.74, 6) is 0.910. The molecule has 0 aliphatic carbocycles. The Balaban J connectivity index is 0.000000252. The second-order valence-electron chi connectivity index (χ2n) is 1.90. The summed E-state index contributed by atoms with van der Waals surface area (Å²) in [6.45, 7) is 0. The van der Waals surface area contributed by atoms with Crippen molar-refractivity contribution in [2.24, 2.45) is 0 Å². The first-order chi connectivity index (χ1) is 5.93. The van der Waals surface area contributed by atoms with Crippen LogP contribution in [0.2, 0.25) is 0 Å². The molecule has 0 amide bonds. The molecule has 0 radical (unpaired) electrons. The van der Waals surface area contributed by atoms with Gasteiger partial charge in [-0.15, -0.1) is 0 Å². The van der Waals surface area contributed by atoms with Crippen molar-refractivity contribution in [3.8, 4) is 5.75 Å². The third-order valence-corrected chi connectivity index (χ3v) is 0.979. The minimum atomic E-state index is -5.67. The fourth-order valence-electron chi connectivity index (χ4n) is 0.557. The zero-order valence-corrected chi connectivity index (χ0v) is 7.59. The Morgan fingerprint density at radius 2 is 1.54 bits per heavy atom. The van der Waals surface area contributed by atoms with Crippen LogP contribution in [0.3, 0.4) is 0 Å². The number of para-hydroxylation sites is 1. The van der Waals surface area contributed by atoms with Gasteiger partial charge in [0.15, 0.2) is 0 Å². The maximum atomic E-state index is 9.99. The van der Waals surface area contributed by atoms with Crippen LogP contribution in [0, 0.1) is 0 Å². The summed E-state index contributed by atoms with van der Waals surface area (Å²) >= 11 is 0. The lowest BCUT2D eigenvalue weighted by Crippen LogP contribution is -1.78. The van der Waals surface area contributed by atoms with Crippen molar-refractivity contribution in [3.05, 3.63) is 30.3 Å². The molecule has 0 N–H and O–H groups in total. The monoisotopic (exact) mass is 210 g/mol. The van der Waals surface area contributed by atoms with E-state index < -0.39 is 10.6 Å². The SMILES string of the molecule is COc1ccccc1.O=S(=O)(F)F. The molecule has 0 aliphatic rings. The van der Waals surface area contributed by atoms with E-state index in [-0.39, 0.29) is 0 Å². The lowest BCUT2D eigenvalue weighted by atomic mass is 10.3. The Kier molecular flexibility index (Phi) is 4.98. The second-order valence-corrected chi connectivity index (χ2v) is 2.65. The van der Waals surface area contributed by atoms with Gasteiger partial charge in [0.25, 0.3) is 0 Å². The molecule has 0 aliphatic heterocycles. The Hall–Kier alpha value is -1.17. The molecule has 13 heavy (non-hydrogen) atoms. The molecule has 1 aromatic rings. The van der Waals surface area contributed by atoms with E-state index in [1.165, 1.54) is 0 Å². The molecule has 6 heteroatoms. The molecule has 0 saturated heterocycles. The van der Waals surface area contributed by atoms with Gasteiger partial charge in [0.05, 0.1) is 7.11 Å². The zero-order chi connectivity index (χ0) is 10.3. The fraction of sp³-hybridized carbons (Fsp3) is 0.143. The standard InChI is InChI=1S/C7H8O.F2O2S/c1-8-7-5-3-2-4-6-7;1-5(2,3)4/h2-6H,1H3;. The van der Waals surface area contributed by atoms with Gasteiger partial charge in [-0.2, -0.15) is 8.42 Å². The molecule has 1 aromatic carbocycles. The first-order valence-electron chi connectivity index (χ1n) is 3.16. The lowest BCUT2D eigenvalue weighted by Gasteiger charge is -1.93. The van der Waals surface area contributed by atoms with Gasteiger partial charge in [-0.25, -0.2) is 0 Å². The average Bonchev–Trinajstić information content (AvgIpc) is 2.03. The number of methoxy groups -OCH3 is 1. The third-order valence-electron chi connectivity index (χ3n) is 0.979. The van der Waals surface area contributed by atoms with E-state index in [1.54, 1.807) is 7.11 Å². The van der Waals surface area contributed by atoms with Gasteiger partial charge in [-0.05, 0) is 12.1 Å². The smallest absolute Gasteiger partial charge is 0.476 e. The molecular formula is C7H8F2O3S. The normalized spacial score (nSPS) is 9.77. The first kappa shape index (κ1) is 11.8. The highest BCUT2D eigenvalue weighted by molar-refractivity contribution is 7.81. The van der Waals surface area contributed by atoms with Crippen LogP contribution >= 0.6 is 0 Å². The van der Waals surface area contributed by atoms with E-state index in [1.807, 2.05) is 30.3 Å². The number of benzene rings is 1. The van der Waals surface area contributed by atoms with Crippen molar-refractivity contribution in [2.75, 3.05) is 7.11 Å². The average molecular weight is 210 g/mol. The molecule has 1 rings (SSSR count). The van der Waals surface area contributed by atoms with E-state index in [0.29, 0.717) is 0 Å². The molecule has 0 heterocycles. The summed E-state index contributed by atoms with van der Waals surface area (Å²) in [4.78, 5) is 0. The minimum absolute atomic E-state index is 0.910. The molecule has 0 unspecified atom stereocenters. The van der Waals surface area contributed by atoms with Crippen LogP contribution in [-0.4, -0.2) is 15.5 Å². The predicted octanol–water partition coefficient (Wildman–Crippen LogP) is 1.87. The van der Waals surface area contributed by atoms with Crippen molar-refractivity contribution in [1.29, 1.82) is 0 Å². The van der Waals surface area contributed by atoms with Crippen LogP contribution in [-0.2, 0) is 10.6 Å². The molecule has 0 fully saturated rings. The molecule has 0 atom stereocenters. The van der Waals surface area contributed by atoms with Crippen molar-refractivity contribution in [1.82, 2.24) is 0 Å². The summed E-state index contributed by atoms with van der Waals surface area (Å²) in [6.07, 6.45) is 0. The van der Waals surface area contributed by atoms with Crippen LogP contribution in [0.4, 0.5) is 7.77 Å². The Bertz CT molecular complexity index is 315. The van der Waals surface area contributed by atoms with Gasteiger partial charge in [0.1, 0.15) is 5.75 Å². The van der Waals surface area contributed by atoms with Crippen LogP contribution in [0.1, 0.15) is 0 Å². The van der Waals surface area contributed by atoms with Crippen LogP contribution in [0.15, 0.2) is 30.3 Å². The van der Waals surface area contributed by atoms with Crippen LogP contribution < -0.4 is 4.74 Å².